The van der Waals surface area contributed by atoms with Gasteiger partial charge in [0.05, 0.1) is 5.02 Å². The van der Waals surface area contributed by atoms with Crippen LogP contribution in [0, 0.1) is 5.82 Å². The summed E-state index contributed by atoms with van der Waals surface area (Å²) in [5.41, 5.74) is 6.35. The molecule has 2 aromatic rings. The van der Waals surface area contributed by atoms with Crippen molar-refractivity contribution in [3.05, 3.63) is 45.1 Å². The molecule has 15 heavy (non-hydrogen) atoms. The number of hydrogen-bond acceptors (Lipinski definition) is 1. The van der Waals surface area contributed by atoms with E-state index in [0.29, 0.717) is 26.8 Å². The molecule has 0 amide bonds. The third kappa shape index (κ3) is 1.87. The van der Waals surface area contributed by atoms with Crippen molar-refractivity contribution in [2.24, 2.45) is 5.73 Å². The summed E-state index contributed by atoms with van der Waals surface area (Å²) in [6.07, 6.45) is 0. The molecule has 0 bridgehead atoms. The van der Waals surface area contributed by atoms with Gasteiger partial charge in [0, 0.05) is 21.8 Å². The topological polar surface area (TPSA) is 26.0 Å². The molecule has 0 saturated heterocycles. The minimum absolute atomic E-state index is 0.287. The highest BCUT2D eigenvalue weighted by Gasteiger charge is 2.08. The van der Waals surface area contributed by atoms with Crippen molar-refractivity contribution < 1.29 is 4.39 Å². The Morgan fingerprint density at radius 1 is 1.27 bits per heavy atom. The Hall–Kier alpha value is -0.640. The van der Waals surface area contributed by atoms with E-state index in [-0.39, 0.29) is 5.82 Å². The van der Waals surface area contributed by atoms with Crippen LogP contribution in [0.25, 0.3) is 10.8 Å². The second kappa shape index (κ2) is 4.08. The van der Waals surface area contributed by atoms with Gasteiger partial charge < -0.3 is 5.73 Å². The normalized spacial score (nSPS) is 10.9. The SMILES string of the molecule is NCc1ccc2c(F)cc(Br)cc2c1Cl. The van der Waals surface area contributed by atoms with Gasteiger partial charge in [-0.1, -0.05) is 39.7 Å². The Balaban J connectivity index is 2.86. The van der Waals surface area contributed by atoms with E-state index in [0.717, 1.165) is 5.56 Å². The smallest absolute Gasteiger partial charge is 0.132 e. The fourth-order valence-electron chi connectivity index (χ4n) is 1.52. The first kappa shape index (κ1) is 10.9. The molecule has 0 radical (unpaired) electrons. The van der Waals surface area contributed by atoms with Crippen LogP contribution in [0.2, 0.25) is 5.02 Å². The number of halogens is 3. The maximum absolute atomic E-state index is 13.5. The van der Waals surface area contributed by atoms with Crippen LogP contribution in [-0.4, -0.2) is 0 Å². The van der Waals surface area contributed by atoms with E-state index in [1.807, 2.05) is 0 Å². The molecular weight excluding hydrogens is 280 g/mol. The van der Waals surface area contributed by atoms with Gasteiger partial charge in [-0.15, -0.1) is 0 Å². The van der Waals surface area contributed by atoms with Crippen LogP contribution in [-0.2, 0) is 6.54 Å². The zero-order valence-electron chi connectivity index (χ0n) is 7.73. The highest BCUT2D eigenvalue weighted by Crippen LogP contribution is 2.31. The zero-order chi connectivity index (χ0) is 11.0. The summed E-state index contributed by atoms with van der Waals surface area (Å²) in [7, 11) is 0. The van der Waals surface area contributed by atoms with E-state index in [2.05, 4.69) is 15.9 Å². The Kier molecular flexibility index (Phi) is 2.96. The van der Waals surface area contributed by atoms with Crippen molar-refractivity contribution in [1.82, 2.24) is 0 Å². The second-order valence-electron chi connectivity index (χ2n) is 3.23. The molecule has 4 heteroatoms. The van der Waals surface area contributed by atoms with Crippen molar-refractivity contribution in [3.8, 4) is 0 Å². The van der Waals surface area contributed by atoms with Crippen LogP contribution in [0.3, 0.4) is 0 Å². The summed E-state index contributed by atoms with van der Waals surface area (Å²) >= 11 is 9.35. The molecule has 2 aromatic carbocycles. The molecule has 0 aromatic heterocycles. The first-order valence-electron chi connectivity index (χ1n) is 4.39. The van der Waals surface area contributed by atoms with E-state index in [1.165, 1.54) is 6.07 Å². The molecule has 2 N–H and O–H groups in total. The molecule has 2 rings (SSSR count). The summed E-state index contributed by atoms with van der Waals surface area (Å²) in [5, 5.41) is 1.72. The summed E-state index contributed by atoms with van der Waals surface area (Å²) in [4.78, 5) is 0. The maximum atomic E-state index is 13.5. The average molecular weight is 289 g/mol. The Morgan fingerprint density at radius 2 is 2.00 bits per heavy atom. The fraction of sp³-hybridized carbons (Fsp3) is 0.0909. The highest BCUT2D eigenvalue weighted by atomic mass is 79.9. The molecule has 0 aliphatic carbocycles. The van der Waals surface area contributed by atoms with Gasteiger partial charge in [-0.2, -0.15) is 0 Å². The van der Waals surface area contributed by atoms with Crippen LogP contribution in [0.15, 0.2) is 28.7 Å². The minimum atomic E-state index is -0.287. The van der Waals surface area contributed by atoms with Crippen LogP contribution in [0.5, 0.6) is 0 Å². The number of benzene rings is 2. The van der Waals surface area contributed by atoms with E-state index in [4.69, 9.17) is 17.3 Å². The molecule has 0 heterocycles. The van der Waals surface area contributed by atoms with Gasteiger partial charge in [-0.25, -0.2) is 4.39 Å². The quantitative estimate of drug-likeness (QED) is 0.847. The van der Waals surface area contributed by atoms with Crippen molar-refractivity contribution in [3.63, 3.8) is 0 Å². The predicted molar refractivity (Wildman–Crippen MR) is 64.5 cm³/mol. The summed E-state index contributed by atoms with van der Waals surface area (Å²) in [5.74, 6) is -0.287. The first-order valence-corrected chi connectivity index (χ1v) is 5.57. The average Bonchev–Trinajstić information content (AvgIpc) is 2.19. The summed E-state index contributed by atoms with van der Waals surface area (Å²) in [6.45, 7) is 0.350. The van der Waals surface area contributed by atoms with Crippen LogP contribution >= 0.6 is 27.5 Å². The number of nitrogens with two attached hydrogens (primary N) is 1. The lowest BCUT2D eigenvalue weighted by molar-refractivity contribution is 0.639. The van der Waals surface area contributed by atoms with Crippen LogP contribution < -0.4 is 5.73 Å². The minimum Gasteiger partial charge on any atom is -0.326 e. The lowest BCUT2D eigenvalue weighted by atomic mass is 10.1. The maximum Gasteiger partial charge on any atom is 0.132 e. The van der Waals surface area contributed by atoms with Crippen molar-refractivity contribution >= 4 is 38.3 Å². The second-order valence-corrected chi connectivity index (χ2v) is 4.52. The Labute approximate surface area is 100 Å². The number of hydrogen-bond donors (Lipinski definition) is 1. The zero-order valence-corrected chi connectivity index (χ0v) is 10.1. The molecule has 0 aliphatic heterocycles. The summed E-state index contributed by atoms with van der Waals surface area (Å²) < 4.78 is 14.2. The van der Waals surface area contributed by atoms with Crippen LogP contribution in [0.1, 0.15) is 5.56 Å². The van der Waals surface area contributed by atoms with Crippen molar-refractivity contribution in [2.75, 3.05) is 0 Å². The van der Waals surface area contributed by atoms with Crippen molar-refractivity contribution in [2.45, 2.75) is 6.54 Å². The molecule has 0 fully saturated rings. The number of rotatable bonds is 1. The standard InChI is InChI=1S/C11H8BrClFN/c12-7-3-9-8(10(14)4-7)2-1-6(5-15)11(9)13/h1-4H,5,15H2. The predicted octanol–water partition coefficient (Wildman–Crippen LogP) is 3.85. The Bertz CT molecular complexity index is 527. The Morgan fingerprint density at radius 3 is 2.67 bits per heavy atom. The monoisotopic (exact) mass is 287 g/mol. The molecule has 0 atom stereocenters. The highest BCUT2D eigenvalue weighted by molar-refractivity contribution is 9.10. The van der Waals surface area contributed by atoms with Gasteiger partial charge in [0.25, 0.3) is 0 Å². The lowest BCUT2D eigenvalue weighted by Gasteiger charge is -2.07. The van der Waals surface area contributed by atoms with E-state index in [1.54, 1.807) is 18.2 Å². The number of fused-ring (bicyclic) bond motifs is 1. The molecule has 78 valence electrons. The first-order chi connectivity index (χ1) is 7.13. The molecule has 0 spiro atoms. The molecular formula is C11H8BrClFN. The molecule has 0 aliphatic rings. The van der Waals surface area contributed by atoms with Crippen molar-refractivity contribution in [1.29, 1.82) is 0 Å². The van der Waals surface area contributed by atoms with E-state index < -0.39 is 0 Å². The van der Waals surface area contributed by atoms with Gasteiger partial charge in [0.15, 0.2) is 0 Å². The van der Waals surface area contributed by atoms with E-state index >= 15 is 0 Å². The van der Waals surface area contributed by atoms with Gasteiger partial charge in [-0.3, -0.25) is 0 Å². The molecule has 1 nitrogen and oxygen atoms in total. The van der Waals surface area contributed by atoms with Gasteiger partial charge in [0.2, 0.25) is 0 Å². The third-order valence-electron chi connectivity index (χ3n) is 2.28. The largest absolute Gasteiger partial charge is 0.326 e. The fourth-order valence-corrected chi connectivity index (χ4v) is 2.25. The van der Waals surface area contributed by atoms with E-state index in [9.17, 15) is 4.39 Å². The van der Waals surface area contributed by atoms with Crippen LogP contribution in [0.4, 0.5) is 4.39 Å². The molecule has 0 saturated carbocycles. The lowest BCUT2D eigenvalue weighted by Crippen LogP contribution is -1.97. The third-order valence-corrected chi connectivity index (χ3v) is 3.19. The molecule has 0 unspecified atom stereocenters. The van der Waals surface area contributed by atoms with Gasteiger partial charge in [-0.05, 0) is 17.7 Å². The van der Waals surface area contributed by atoms with Gasteiger partial charge in [0.1, 0.15) is 5.82 Å². The van der Waals surface area contributed by atoms with Gasteiger partial charge >= 0.3 is 0 Å². The summed E-state index contributed by atoms with van der Waals surface area (Å²) in [6, 6.07) is 6.66.